The number of hydrogen-bond acceptors (Lipinski definition) is 3. The molecule has 2 aliphatic heterocycles. The van der Waals surface area contributed by atoms with Crippen molar-refractivity contribution in [3.05, 3.63) is 29.8 Å². The molecule has 0 spiro atoms. The summed E-state index contributed by atoms with van der Waals surface area (Å²) in [6.07, 6.45) is 4.29. The fraction of sp³-hybridized carbons (Fsp3) is 0.571. The zero-order chi connectivity index (χ0) is 11.7. The molecule has 0 radical (unpaired) electrons. The van der Waals surface area contributed by atoms with Crippen molar-refractivity contribution in [1.29, 1.82) is 0 Å². The summed E-state index contributed by atoms with van der Waals surface area (Å²) < 4.78 is 5.94. The number of nitrogens with one attached hydrogen (secondary N) is 1. The number of para-hydroxylation sites is 1. The molecule has 0 amide bonds. The van der Waals surface area contributed by atoms with Crippen molar-refractivity contribution in [2.24, 2.45) is 0 Å². The van der Waals surface area contributed by atoms with Crippen LogP contribution in [0.4, 0.5) is 0 Å². The minimum absolute atomic E-state index is 0.104. The van der Waals surface area contributed by atoms with Gasteiger partial charge in [0, 0.05) is 18.4 Å². The van der Waals surface area contributed by atoms with Gasteiger partial charge in [-0.25, -0.2) is 0 Å². The van der Waals surface area contributed by atoms with Crippen molar-refractivity contribution >= 4 is 0 Å². The lowest BCUT2D eigenvalue weighted by Crippen LogP contribution is -2.46. The molecule has 2 unspecified atom stereocenters. The number of aliphatic hydroxyl groups is 1. The van der Waals surface area contributed by atoms with Gasteiger partial charge < -0.3 is 15.2 Å². The molecule has 0 saturated carbocycles. The van der Waals surface area contributed by atoms with Crippen LogP contribution in [0.5, 0.6) is 5.75 Å². The first-order valence-corrected chi connectivity index (χ1v) is 6.42. The van der Waals surface area contributed by atoms with Crippen LogP contribution in [-0.4, -0.2) is 29.9 Å². The molecule has 2 N–H and O–H groups in total. The van der Waals surface area contributed by atoms with Crippen molar-refractivity contribution < 1.29 is 9.84 Å². The molecule has 0 bridgehead atoms. The zero-order valence-corrected chi connectivity index (χ0v) is 9.98. The predicted octanol–water partition coefficient (Wildman–Crippen LogP) is 1.49. The van der Waals surface area contributed by atoms with Crippen LogP contribution in [0.3, 0.4) is 0 Å². The summed E-state index contributed by atoms with van der Waals surface area (Å²) in [7, 11) is 0. The number of hydrogen-bond donors (Lipinski definition) is 2. The Bertz CT molecular complexity index is 374. The summed E-state index contributed by atoms with van der Waals surface area (Å²) in [5, 5.41) is 13.0. The topological polar surface area (TPSA) is 41.5 Å². The van der Waals surface area contributed by atoms with Crippen molar-refractivity contribution in [3.63, 3.8) is 0 Å². The Hall–Kier alpha value is -1.06. The molecule has 92 valence electrons. The first-order chi connectivity index (χ1) is 8.31. The number of ether oxygens (including phenoxy) is 1. The standard InChI is InChI=1S/C14H19NO2/c16-10-14(6-3-7-15-14)9-12-8-11-4-1-2-5-13(11)17-12/h1-2,4-5,12,15-16H,3,6-10H2. The summed E-state index contributed by atoms with van der Waals surface area (Å²) in [5.41, 5.74) is 1.19. The molecule has 1 aromatic rings. The van der Waals surface area contributed by atoms with E-state index in [1.807, 2.05) is 12.1 Å². The number of fused-ring (bicyclic) bond motifs is 1. The second kappa shape index (κ2) is 4.31. The van der Waals surface area contributed by atoms with Gasteiger partial charge in [-0.15, -0.1) is 0 Å². The monoisotopic (exact) mass is 233 g/mol. The van der Waals surface area contributed by atoms with E-state index in [2.05, 4.69) is 17.4 Å². The van der Waals surface area contributed by atoms with Gasteiger partial charge in [-0.2, -0.15) is 0 Å². The molecule has 0 aliphatic carbocycles. The van der Waals surface area contributed by atoms with E-state index in [0.29, 0.717) is 0 Å². The van der Waals surface area contributed by atoms with E-state index in [4.69, 9.17) is 4.74 Å². The van der Waals surface area contributed by atoms with Crippen LogP contribution in [0.2, 0.25) is 0 Å². The van der Waals surface area contributed by atoms with Gasteiger partial charge in [0.05, 0.1) is 6.61 Å². The third-order valence-corrected chi connectivity index (χ3v) is 3.97. The Kier molecular flexibility index (Phi) is 2.81. The maximum Gasteiger partial charge on any atom is 0.123 e. The average molecular weight is 233 g/mol. The molecule has 3 rings (SSSR count). The van der Waals surface area contributed by atoms with Crippen LogP contribution in [0.15, 0.2) is 24.3 Å². The summed E-state index contributed by atoms with van der Waals surface area (Å²) >= 11 is 0. The summed E-state index contributed by atoms with van der Waals surface area (Å²) in [5.74, 6) is 1.02. The smallest absolute Gasteiger partial charge is 0.123 e. The Morgan fingerprint density at radius 2 is 2.29 bits per heavy atom. The number of rotatable bonds is 3. The van der Waals surface area contributed by atoms with Gasteiger partial charge >= 0.3 is 0 Å². The summed E-state index contributed by atoms with van der Waals surface area (Å²) in [6.45, 7) is 1.23. The van der Waals surface area contributed by atoms with Crippen LogP contribution in [0.25, 0.3) is 0 Å². The Balaban J connectivity index is 1.69. The van der Waals surface area contributed by atoms with E-state index in [-0.39, 0.29) is 18.2 Å². The predicted molar refractivity (Wildman–Crippen MR) is 66.2 cm³/mol. The molecular weight excluding hydrogens is 214 g/mol. The van der Waals surface area contributed by atoms with Crippen LogP contribution in [0.1, 0.15) is 24.8 Å². The van der Waals surface area contributed by atoms with Crippen LogP contribution >= 0.6 is 0 Å². The van der Waals surface area contributed by atoms with E-state index in [1.165, 1.54) is 5.56 Å². The van der Waals surface area contributed by atoms with E-state index in [1.54, 1.807) is 0 Å². The van der Waals surface area contributed by atoms with Gasteiger partial charge in [0.15, 0.2) is 0 Å². The second-order valence-electron chi connectivity index (χ2n) is 5.22. The first-order valence-electron chi connectivity index (χ1n) is 6.42. The number of benzene rings is 1. The van der Waals surface area contributed by atoms with E-state index in [9.17, 15) is 5.11 Å². The van der Waals surface area contributed by atoms with Crippen LogP contribution in [-0.2, 0) is 6.42 Å². The molecule has 1 saturated heterocycles. The van der Waals surface area contributed by atoms with Crippen molar-refractivity contribution in [2.75, 3.05) is 13.2 Å². The van der Waals surface area contributed by atoms with Gasteiger partial charge in [-0.3, -0.25) is 0 Å². The Labute approximate surface area is 102 Å². The third kappa shape index (κ3) is 2.05. The summed E-state index contributed by atoms with van der Waals surface area (Å²) in [4.78, 5) is 0. The first kappa shape index (κ1) is 11.1. The molecular formula is C14H19NO2. The maximum absolute atomic E-state index is 9.58. The quantitative estimate of drug-likeness (QED) is 0.831. The fourth-order valence-corrected chi connectivity index (χ4v) is 3.05. The molecule has 1 aromatic carbocycles. The Morgan fingerprint density at radius 1 is 1.41 bits per heavy atom. The molecule has 2 aliphatic rings. The minimum atomic E-state index is -0.104. The van der Waals surface area contributed by atoms with Gasteiger partial charge in [0.1, 0.15) is 11.9 Å². The van der Waals surface area contributed by atoms with E-state index >= 15 is 0 Å². The van der Waals surface area contributed by atoms with Crippen molar-refractivity contribution in [2.45, 2.75) is 37.3 Å². The second-order valence-corrected chi connectivity index (χ2v) is 5.22. The molecule has 2 atom stereocenters. The van der Waals surface area contributed by atoms with E-state index in [0.717, 1.165) is 38.0 Å². The van der Waals surface area contributed by atoms with Gasteiger partial charge in [0.2, 0.25) is 0 Å². The summed E-state index contributed by atoms with van der Waals surface area (Å²) in [6, 6.07) is 8.23. The minimum Gasteiger partial charge on any atom is -0.490 e. The zero-order valence-electron chi connectivity index (χ0n) is 9.98. The van der Waals surface area contributed by atoms with Gasteiger partial charge in [-0.05, 0) is 31.0 Å². The lowest BCUT2D eigenvalue weighted by atomic mass is 9.90. The van der Waals surface area contributed by atoms with E-state index < -0.39 is 0 Å². The van der Waals surface area contributed by atoms with Gasteiger partial charge in [0.25, 0.3) is 0 Å². The highest BCUT2D eigenvalue weighted by Gasteiger charge is 2.37. The van der Waals surface area contributed by atoms with Crippen molar-refractivity contribution in [1.82, 2.24) is 5.32 Å². The highest BCUT2D eigenvalue weighted by atomic mass is 16.5. The third-order valence-electron chi connectivity index (χ3n) is 3.97. The highest BCUT2D eigenvalue weighted by Crippen LogP contribution is 2.34. The Morgan fingerprint density at radius 3 is 3.00 bits per heavy atom. The number of aliphatic hydroxyl groups excluding tert-OH is 1. The molecule has 3 heteroatoms. The average Bonchev–Trinajstić information content (AvgIpc) is 2.95. The van der Waals surface area contributed by atoms with Crippen LogP contribution < -0.4 is 10.1 Å². The molecule has 1 fully saturated rings. The normalized spacial score (nSPS) is 31.2. The molecule has 2 heterocycles. The largest absolute Gasteiger partial charge is 0.490 e. The van der Waals surface area contributed by atoms with Gasteiger partial charge in [-0.1, -0.05) is 18.2 Å². The molecule has 3 nitrogen and oxygen atoms in total. The van der Waals surface area contributed by atoms with Crippen molar-refractivity contribution in [3.8, 4) is 5.75 Å². The fourth-order valence-electron chi connectivity index (χ4n) is 3.05. The highest BCUT2D eigenvalue weighted by molar-refractivity contribution is 5.37. The maximum atomic E-state index is 9.58. The SMILES string of the molecule is OCC1(CC2Cc3ccccc3O2)CCCN1. The molecule has 17 heavy (non-hydrogen) atoms. The lowest BCUT2D eigenvalue weighted by Gasteiger charge is -2.29. The lowest BCUT2D eigenvalue weighted by molar-refractivity contribution is 0.114. The molecule has 0 aromatic heterocycles. The van der Waals surface area contributed by atoms with Crippen LogP contribution in [0, 0.1) is 0 Å².